The van der Waals surface area contributed by atoms with Crippen molar-refractivity contribution in [3.05, 3.63) is 58.7 Å². The fourth-order valence-electron chi connectivity index (χ4n) is 3.40. The molecule has 0 fully saturated rings. The van der Waals surface area contributed by atoms with Gasteiger partial charge in [0.05, 0.1) is 24.4 Å². The van der Waals surface area contributed by atoms with E-state index < -0.39 is 0 Å². The van der Waals surface area contributed by atoms with Gasteiger partial charge in [0.1, 0.15) is 17.5 Å². The number of hydrogen-bond acceptors (Lipinski definition) is 5. The zero-order chi connectivity index (χ0) is 20.5. The second-order valence-electron chi connectivity index (χ2n) is 6.37. The predicted octanol–water partition coefficient (Wildman–Crippen LogP) is 5.13. The number of anilines is 1. The molecular formula is C22H17BrN4O2. The molecule has 2 heterocycles. The molecule has 0 radical (unpaired) electrons. The van der Waals surface area contributed by atoms with Gasteiger partial charge in [-0.3, -0.25) is 0 Å². The summed E-state index contributed by atoms with van der Waals surface area (Å²) in [5, 5.41) is 10.7. The summed E-state index contributed by atoms with van der Waals surface area (Å²) >= 11 is 3.51. The normalized spacial score (nSPS) is 10.7. The lowest BCUT2D eigenvalue weighted by molar-refractivity contribution is 0.353. The number of fused-ring (bicyclic) bond motifs is 1. The number of nitrogens with zero attached hydrogens (tertiary/aromatic N) is 2. The highest BCUT2D eigenvalue weighted by Gasteiger charge is 2.18. The quantitative estimate of drug-likeness (QED) is 0.450. The van der Waals surface area contributed by atoms with E-state index in [9.17, 15) is 5.26 Å². The topological polar surface area (TPSA) is 97.0 Å². The van der Waals surface area contributed by atoms with Crippen LogP contribution in [-0.2, 0) is 0 Å². The minimum Gasteiger partial charge on any atom is -0.493 e. The van der Waals surface area contributed by atoms with Crippen LogP contribution in [0.15, 0.2) is 53.1 Å². The van der Waals surface area contributed by atoms with Crippen molar-refractivity contribution < 1.29 is 9.47 Å². The smallest absolute Gasteiger partial charge is 0.174 e. The zero-order valence-corrected chi connectivity index (χ0v) is 17.4. The minimum atomic E-state index is 0.177. The highest BCUT2D eigenvalue weighted by Crippen LogP contribution is 2.41. The third kappa shape index (κ3) is 3.18. The number of aromatic nitrogens is 2. The Hall–Kier alpha value is -3.50. The number of rotatable bonds is 4. The molecule has 4 aromatic rings. The van der Waals surface area contributed by atoms with Gasteiger partial charge < -0.3 is 20.2 Å². The van der Waals surface area contributed by atoms with E-state index in [1.54, 1.807) is 14.2 Å². The van der Waals surface area contributed by atoms with E-state index >= 15 is 0 Å². The van der Waals surface area contributed by atoms with Crippen molar-refractivity contribution in [2.45, 2.75) is 0 Å². The van der Waals surface area contributed by atoms with Crippen molar-refractivity contribution in [3.63, 3.8) is 0 Å². The molecule has 144 valence electrons. The van der Waals surface area contributed by atoms with Crippen LogP contribution >= 0.6 is 15.9 Å². The van der Waals surface area contributed by atoms with Gasteiger partial charge in [0.2, 0.25) is 0 Å². The summed E-state index contributed by atoms with van der Waals surface area (Å²) in [6, 6.07) is 15.7. The Balaban J connectivity index is 1.97. The number of nitrogens with one attached hydrogen (secondary N) is 1. The maximum absolute atomic E-state index is 9.71. The van der Waals surface area contributed by atoms with Gasteiger partial charge in [-0.25, -0.2) is 4.98 Å². The highest BCUT2D eigenvalue weighted by molar-refractivity contribution is 9.10. The maximum atomic E-state index is 9.71. The van der Waals surface area contributed by atoms with Crippen molar-refractivity contribution in [2.75, 3.05) is 20.0 Å². The molecule has 7 heteroatoms. The first-order valence-electron chi connectivity index (χ1n) is 8.76. The van der Waals surface area contributed by atoms with Crippen LogP contribution in [0.25, 0.3) is 33.3 Å². The molecule has 0 aliphatic heterocycles. The summed E-state index contributed by atoms with van der Waals surface area (Å²) in [5.74, 6) is 1.30. The molecule has 0 atom stereocenters. The molecular weight excluding hydrogens is 432 g/mol. The van der Waals surface area contributed by atoms with Crippen LogP contribution in [0, 0.1) is 11.3 Å². The third-order valence-electron chi connectivity index (χ3n) is 4.77. The molecule has 0 bridgehead atoms. The summed E-state index contributed by atoms with van der Waals surface area (Å²) in [6.07, 6.45) is 1.90. The standard InChI is InChI=1S/C22H17BrN4O2/c1-28-20-8-12(7-17(23)21(20)29-2)14-9-19(27-22(25)15(14)10-24)16-11-26-18-6-4-3-5-13(16)18/h3-9,11,26H,1-2H3,(H2,25,27). The fourth-order valence-corrected chi connectivity index (χ4v) is 4.01. The van der Waals surface area contributed by atoms with E-state index in [4.69, 9.17) is 15.2 Å². The number of nitriles is 1. The molecule has 0 spiro atoms. The highest BCUT2D eigenvalue weighted by atomic mass is 79.9. The third-order valence-corrected chi connectivity index (χ3v) is 5.36. The summed E-state index contributed by atoms with van der Waals surface area (Å²) in [4.78, 5) is 7.74. The van der Waals surface area contributed by atoms with Gasteiger partial charge in [0, 0.05) is 28.2 Å². The number of H-pyrrole nitrogens is 1. The largest absolute Gasteiger partial charge is 0.493 e. The SMILES string of the molecule is COc1cc(-c2cc(-c3c[nH]c4ccccc34)nc(N)c2C#N)cc(Br)c1OC. The molecule has 0 aliphatic rings. The maximum Gasteiger partial charge on any atom is 0.174 e. The van der Waals surface area contributed by atoms with Gasteiger partial charge in [-0.1, -0.05) is 18.2 Å². The Labute approximate surface area is 176 Å². The Bertz CT molecular complexity index is 1270. The van der Waals surface area contributed by atoms with Gasteiger partial charge in [-0.2, -0.15) is 5.26 Å². The van der Waals surface area contributed by atoms with E-state index in [1.807, 2.05) is 48.7 Å². The van der Waals surface area contributed by atoms with Gasteiger partial charge in [-0.05, 0) is 45.8 Å². The number of methoxy groups -OCH3 is 2. The first kappa shape index (κ1) is 18.8. The number of ether oxygens (including phenoxy) is 2. The molecule has 2 aromatic carbocycles. The lowest BCUT2D eigenvalue weighted by Gasteiger charge is -2.14. The molecule has 6 nitrogen and oxygen atoms in total. The molecule has 0 aliphatic carbocycles. The van der Waals surface area contributed by atoms with E-state index in [0.29, 0.717) is 32.8 Å². The molecule has 0 saturated carbocycles. The monoisotopic (exact) mass is 448 g/mol. The second-order valence-corrected chi connectivity index (χ2v) is 7.22. The number of aromatic amines is 1. The molecule has 2 aromatic heterocycles. The molecule has 0 amide bonds. The predicted molar refractivity (Wildman–Crippen MR) is 117 cm³/mol. The van der Waals surface area contributed by atoms with E-state index in [1.165, 1.54) is 0 Å². The minimum absolute atomic E-state index is 0.177. The number of nitrogens with two attached hydrogens (primary N) is 1. The first-order chi connectivity index (χ1) is 14.1. The van der Waals surface area contributed by atoms with E-state index in [-0.39, 0.29) is 5.82 Å². The Morgan fingerprint density at radius 3 is 2.62 bits per heavy atom. The first-order valence-corrected chi connectivity index (χ1v) is 9.55. The Kier molecular flexibility index (Phi) is 4.87. The van der Waals surface area contributed by atoms with Gasteiger partial charge >= 0.3 is 0 Å². The van der Waals surface area contributed by atoms with Gasteiger partial charge in [0.15, 0.2) is 11.5 Å². The second kappa shape index (κ2) is 7.49. The van der Waals surface area contributed by atoms with Crippen LogP contribution < -0.4 is 15.2 Å². The van der Waals surface area contributed by atoms with Crippen LogP contribution in [0.4, 0.5) is 5.82 Å². The zero-order valence-electron chi connectivity index (χ0n) is 15.8. The van der Waals surface area contributed by atoms with Gasteiger partial charge in [0.25, 0.3) is 0 Å². The fraction of sp³-hybridized carbons (Fsp3) is 0.0909. The molecule has 3 N–H and O–H groups in total. The molecule has 4 rings (SSSR count). The average Bonchev–Trinajstić information content (AvgIpc) is 3.16. The van der Waals surface area contributed by atoms with Crippen molar-refractivity contribution >= 4 is 32.7 Å². The van der Waals surface area contributed by atoms with E-state index in [2.05, 4.69) is 32.0 Å². The van der Waals surface area contributed by atoms with Crippen molar-refractivity contribution in [1.29, 1.82) is 5.26 Å². The Morgan fingerprint density at radius 1 is 1.10 bits per heavy atom. The number of pyridine rings is 1. The average molecular weight is 449 g/mol. The molecule has 29 heavy (non-hydrogen) atoms. The van der Waals surface area contributed by atoms with E-state index in [0.717, 1.165) is 22.0 Å². The number of halogens is 1. The van der Waals surface area contributed by atoms with Crippen LogP contribution in [0.1, 0.15) is 5.56 Å². The van der Waals surface area contributed by atoms with Crippen LogP contribution in [-0.4, -0.2) is 24.2 Å². The Morgan fingerprint density at radius 2 is 1.90 bits per heavy atom. The number of nitrogen functional groups attached to an aromatic ring is 1. The van der Waals surface area contributed by atoms with Crippen molar-refractivity contribution in [3.8, 4) is 40.0 Å². The number of para-hydroxylation sites is 1. The molecule has 0 unspecified atom stereocenters. The summed E-state index contributed by atoms with van der Waals surface area (Å²) in [7, 11) is 3.14. The summed E-state index contributed by atoms with van der Waals surface area (Å²) < 4.78 is 11.6. The van der Waals surface area contributed by atoms with Crippen molar-refractivity contribution in [1.82, 2.24) is 9.97 Å². The van der Waals surface area contributed by atoms with Crippen LogP contribution in [0.2, 0.25) is 0 Å². The van der Waals surface area contributed by atoms with Crippen LogP contribution in [0.5, 0.6) is 11.5 Å². The molecule has 0 saturated heterocycles. The summed E-state index contributed by atoms with van der Waals surface area (Å²) in [6.45, 7) is 0. The lowest BCUT2D eigenvalue weighted by Crippen LogP contribution is -2.00. The van der Waals surface area contributed by atoms with Crippen molar-refractivity contribution in [2.24, 2.45) is 0 Å². The number of hydrogen-bond donors (Lipinski definition) is 2. The number of benzene rings is 2. The van der Waals surface area contributed by atoms with Crippen LogP contribution in [0.3, 0.4) is 0 Å². The summed E-state index contributed by atoms with van der Waals surface area (Å²) in [5.41, 5.74) is 10.5. The lowest BCUT2D eigenvalue weighted by atomic mass is 9.98. The van der Waals surface area contributed by atoms with Gasteiger partial charge in [-0.15, -0.1) is 0 Å².